The molecular weight excluding hydrogens is 352 g/mol. The highest BCUT2D eigenvalue weighted by atomic mass is 16.5. The number of rotatable bonds is 3. The van der Waals surface area contributed by atoms with Crippen molar-refractivity contribution in [3.8, 4) is 11.4 Å². The fourth-order valence-corrected chi connectivity index (χ4v) is 3.92. The third-order valence-electron chi connectivity index (χ3n) is 5.47. The van der Waals surface area contributed by atoms with Crippen LogP contribution >= 0.6 is 0 Å². The minimum absolute atomic E-state index is 0.00362. The number of aromatic nitrogens is 2. The van der Waals surface area contributed by atoms with E-state index >= 15 is 0 Å². The predicted octanol–water partition coefficient (Wildman–Crippen LogP) is 2.72. The summed E-state index contributed by atoms with van der Waals surface area (Å²) in [6.07, 6.45) is 1.73. The highest BCUT2D eigenvalue weighted by Crippen LogP contribution is 2.30. The Morgan fingerprint density at radius 1 is 0.964 bits per heavy atom. The molecule has 1 aromatic heterocycles. The molecule has 0 saturated carbocycles. The predicted molar refractivity (Wildman–Crippen MR) is 106 cm³/mol. The van der Waals surface area contributed by atoms with Gasteiger partial charge in [0.15, 0.2) is 5.69 Å². The van der Waals surface area contributed by atoms with Crippen LogP contribution in [-0.2, 0) is 13.2 Å². The number of benzene rings is 2. The molecule has 0 N–H and O–H groups in total. The van der Waals surface area contributed by atoms with E-state index in [-0.39, 0.29) is 5.91 Å². The highest BCUT2D eigenvalue weighted by Gasteiger charge is 2.29. The standard InChI is InChI=1S/C22H22N4O2/c27-22(25-12-10-24(11-13-25)14-17-6-2-1-3-7-17)21-19-15-28-20-9-5-4-8-18(20)26(19)16-23-21/h1-9,16H,10-15H2. The van der Waals surface area contributed by atoms with Gasteiger partial charge >= 0.3 is 0 Å². The quantitative estimate of drug-likeness (QED) is 0.707. The SMILES string of the molecule is O=C(c1ncn2c1COc1ccccc1-2)N1CCN(Cc2ccccc2)CC1. The molecule has 0 radical (unpaired) electrons. The van der Waals surface area contributed by atoms with Crippen molar-refractivity contribution in [2.24, 2.45) is 0 Å². The summed E-state index contributed by atoms with van der Waals surface area (Å²) in [5, 5.41) is 0. The number of nitrogens with zero attached hydrogens (tertiary/aromatic N) is 4. The molecule has 2 aromatic carbocycles. The molecule has 1 saturated heterocycles. The first kappa shape index (κ1) is 17.0. The smallest absolute Gasteiger partial charge is 0.274 e. The molecule has 28 heavy (non-hydrogen) atoms. The summed E-state index contributed by atoms with van der Waals surface area (Å²) in [7, 11) is 0. The summed E-state index contributed by atoms with van der Waals surface area (Å²) in [6, 6.07) is 18.3. The van der Waals surface area contributed by atoms with E-state index in [1.165, 1.54) is 5.56 Å². The lowest BCUT2D eigenvalue weighted by Crippen LogP contribution is -2.48. The number of piperazine rings is 1. The molecule has 2 aliphatic rings. The summed E-state index contributed by atoms with van der Waals surface area (Å²) in [6.45, 7) is 4.47. The first-order chi connectivity index (χ1) is 13.8. The van der Waals surface area contributed by atoms with E-state index in [9.17, 15) is 4.79 Å². The van der Waals surface area contributed by atoms with Crippen LogP contribution in [0.4, 0.5) is 0 Å². The van der Waals surface area contributed by atoms with Gasteiger partial charge in [-0.25, -0.2) is 4.98 Å². The van der Waals surface area contributed by atoms with Crippen LogP contribution in [0.5, 0.6) is 5.75 Å². The maximum atomic E-state index is 13.1. The second-order valence-corrected chi connectivity index (χ2v) is 7.22. The number of fused-ring (bicyclic) bond motifs is 3. The Hall–Kier alpha value is -3.12. The molecule has 0 aliphatic carbocycles. The lowest BCUT2D eigenvalue weighted by Gasteiger charge is -2.34. The number of carbonyl (C=O) groups excluding carboxylic acids is 1. The van der Waals surface area contributed by atoms with Crippen LogP contribution in [-0.4, -0.2) is 51.4 Å². The van der Waals surface area contributed by atoms with Gasteiger partial charge in [-0.05, 0) is 17.7 Å². The van der Waals surface area contributed by atoms with Crippen molar-refractivity contribution in [3.63, 3.8) is 0 Å². The Bertz CT molecular complexity index is 991. The van der Waals surface area contributed by atoms with Gasteiger partial charge in [0.1, 0.15) is 18.7 Å². The van der Waals surface area contributed by atoms with Crippen LogP contribution in [0.15, 0.2) is 60.9 Å². The van der Waals surface area contributed by atoms with Gasteiger partial charge in [-0.2, -0.15) is 0 Å². The van der Waals surface area contributed by atoms with Crippen LogP contribution in [0, 0.1) is 0 Å². The van der Waals surface area contributed by atoms with E-state index < -0.39 is 0 Å². The molecule has 1 amide bonds. The zero-order chi connectivity index (χ0) is 18.9. The van der Waals surface area contributed by atoms with E-state index in [2.05, 4.69) is 34.1 Å². The van der Waals surface area contributed by atoms with E-state index in [0.29, 0.717) is 12.3 Å². The molecule has 6 heteroatoms. The average molecular weight is 374 g/mol. The van der Waals surface area contributed by atoms with Crippen LogP contribution in [0.1, 0.15) is 21.7 Å². The van der Waals surface area contributed by atoms with Gasteiger partial charge in [0.2, 0.25) is 0 Å². The normalized spacial score (nSPS) is 16.2. The van der Waals surface area contributed by atoms with Crippen LogP contribution < -0.4 is 4.74 Å². The van der Waals surface area contributed by atoms with Crippen molar-refractivity contribution < 1.29 is 9.53 Å². The number of ether oxygens (including phenoxy) is 1. The summed E-state index contributed by atoms with van der Waals surface area (Å²) >= 11 is 0. The third-order valence-corrected chi connectivity index (χ3v) is 5.47. The van der Waals surface area contributed by atoms with Crippen LogP contribution in [0.25, 0.3) is 5.69 Å². The first-order valence-electron chi connectivity index (χ1n) is 9.63. The van der Waals surface area contributed by atoms with Crippen molar-refractivity contribution in [1.29, 1.82) is 0 Å². The number of carbonyl (C=O) groups is 1. The Kier molecular flexibility index (Phi) is 4.33. The zero-order valence-corrected chi connectivity index (χ0v) is 15.6. The largest absolute Gasteiger partial charge is 0.485 e. The lowest BCUT2D eigenvalue weighted by atomic mass is 10.2. The molecule has 3 heterocycles. The van der Waals surface area contributed by atoms with Gasteiger partial charge in [0.05, 0.1) is 11.4 Å². The Balaban J connectivity index is 1.28. The van der Waals surface area contributed by atoms with Crippen LogP contribution in [0.2, 0.25) is 0 Å². The van der Waals surface area contributed by atoms with Crippen molar-refractivity contribution in [2.45, 2.75) is 13.2 Å². The van der Waals surface area contributed by atoms with Gasteiger partial charge in [0.25, 0.3) is 5.91 Å². The molecule has 2 aliphatic heterocycles. The number of hydrogen-bond acceptors (Lipinski definition) is 4. The summed E-state index contributed by atoms with van der Waals surface area (Å²) in [4.78, 5) is 21.8. The maximum absolute atomic E-state index is 13.1. The van der Waals surface area contributed by atoms with Gasteiger partial charge < -0.3 is 9.64 Å². The van der Waals surface area contributed by atoms with E-state index in [1.54, 1.807) is 6.33 Å². The molecule has 142 valence electrons. The second-order valence-electron chi connectivity index (χ2n) is 7.22. The molecule has 0 unspecified atom stereocenters. The number of hydrogen-bond donors (Lipinski definition) is 0. The Morgan fingerprint density at radius 2 is 1.71 bits per heavy atom. The molecular formula is C22H22N4O2. The van der Waals surface area contributed by atoms with Gasteiger partial charge in [-0.3, -0.25) is 14.3 Å². The molecule has 5 rings (SSSR count). The zero-order valence-electron chi connectivity index (χ0n) is 15.6. The fraction of sp³-hybridized carbons (Fsp3) is 0.273. The van der Waals surface area contributed by atoms with Gasteiger partial charge in [-0.1, -0.05) is 42.5 Å². The van der Waals surface area contributed by atoms with Crippen molar-refractivity contribution in [2.75, 3.05) is 26.2 Å². The molecule has 0 spiro atoms. The number of imidazole rings is 1. The van der Waals surface area contributed by atoms with Crippen molar-refractivity contribution in [3.05, 3.63) is 77.9 Å². The maximum Gasteiger partial charge on any atom is 0.274 e. The van der Waals surface area contributed by atoms with E-state index in [4.69, 9.17) is 4.74 Å². The molecule has 1 fully saturated rings. The Morgan fingerprint density at radius 3 is 2.54 bits per heavy atom. The Labute approximate surface area is 164 Å². The van der Waals surface area contributed by atoms with Gasteiger partial charge in [0, 0.05) is 32.7 Å². The molecule has 3 aromatic rings. The van der Waals surface area contributed by atoms with E-state index in [1.807, 2.05) is 39.8 Å². The number of amides is 1. The lowest BCUT2D eigenvalue weighted by molar-refractivity contribution is 0.0620. The monoisotopic (exact) mass is 374 g/mol. The minimum Gasteiger partial charge on any atom is -0.485 e. The molecule has 0 bridgehead atoms. The fourth-order valence-electron chi connectivity index (χ4n) is 3.92. The van der Waals surface area contributed by atoms with Crippen molar-refractivity contribution in [1.82, 2.24) is 19.4 Å². The topological polar surface area (TPSA) is 50.6 Å². The second kappa shape index (κ2) is 7.13. The summed E-state index contributed by atoms with van der Waals surface area (Å²) in [5.41, 5.74) is 3.57. The molecule has 6 nitrogen and oxygen atoms in total. The summed E-state index contributed by atoms with van der Waals surface area (Å²) < 4.78 is 7.80. The van der Waals surface area contributed by atoms with Crippen molar-refractivity contribution >= 4 is 5.91 Å². The number of para-hydroxylation sites is 2. The van der Waals surface area contributed by atoms with Gasteiger partial charge in [-0.15, -0.1) is 0 Å². The third kappa shape index (κ3) is 3.05. The summed E-state index contributed by atoms with van der Waals surface area (Å²) in [5.74, 6) is 0.817. The van der Waals surface area contributed by atoms with Crippen LogP contribution in [0.3, 0.4) is 0 Å². The molecule has 0 atom stereocenters. The first-order valence-corrected chi connectivity index (χ1v) is 9.63. The minimum atomic E-state index is -0.00362. The average Bonchev–Trinajstić information content (AvgIpc) is 3.19. The van der Waals surface area contributed by atoms with E-state index in [0.717, 1.165) is 49.9 Å². The highest BCUT2D eigenvalue weighted by molar-refractivity contribution is 5.93.